The summed E-state index contributed by atoms with van der Waals surface area (Å²) in [6, 6.07) is 11.8. The molecule has 0 N–H and O–H groups in total. The maximum Gasteiger partial charge on any atom is 0.262 e. The van der Waals surface area contributed by atoms with E-state index in [9.17, 15) is 14.4 Å². The van der Waals surface area contributed by atoms with E-state index >= 15 is 0 Å². The fraction of sp³-hybridized carbons (Fsp3) is 0.462. The van der Waals surface area contributed by atoms with Crippen LogP contribution in [0.3, 0.4) is 0 Å². The molecule has 2 fully saturated rings. The van der Waals surface area contributed by atoms with Gasteiger partial charge in [-0.3, -0.25) is 19.0 Å². The molecule has 4 heterocycles. The fourth-order valence-electron chi connectivity index (χ4n) is 4.99. The number of aromatic nitrogens is 2. The van der Waals surface area contributed by atoms with E-state index in [1.54, 1.807) is 4.90 Å². The average molecular weight is 479 g/mol. The van der Waals surface area contributed by atoms with Gasteiger partial charge in [0.2, 0.25) is 11.8 Å². The lowest BCUT2D eigenvalue weighted by Crippen LogP contribution is -2.46. The molecule has 0 saturated carbocycles. The van der Waals surface area contributed by atoms with Crippen molar-refractivity contribution in [1.29, 1.82) is 0 Å². The highest BCUT2D eigenvalue weighted by molar-refractivity contribution is 7.21. The summed E-state index contributed by atoms with van der Waals surface area (Å²) in [6.07, 6.45) is 7.45. The van der Waals surface area contributed by atoms with Crippen molar-refractivity contribution in [2.24, 2.45) is 5.92 Å². The zero-order chi connectivity index (χ0) is 23.5. The number of amides is 2. The predicted octanol–water partition coefficient (Wildman–Crippen LogP) is 3.77. The van der Waals surface area contributed by atoms with Crippen LogP contribution >= 0.6 is 11.3 Å². The topological polar surface area (TPSA) is 75.5 Å². The molecule has 2 saturated heterocycles. The lowest BCUT2D eigenvalue weighted by Gasteiger charge is -2.34. The van der Waals surface area contributed by atoms with Gasteiger partial charge in [-0.15, -0.1) is 11.3 Å². The van der Waals surface area contributed by atoms with Crippen LogP contribution in [0.1, 0.15) is 38.5 Å². The molecule has 2 aliphatic heterocycles. The Morgan fingerprint density at radius 3 is 2.35 bits per heavy atom. The second kappa shape index (κ2) is 10.1. The third-order valence-electron chi connectivity index (χ3n) is 7.00. The summed E-state index contributed by atoms with van der Waals surface area (Å²) in [7, 11) is 0. The van der Waals surface area contributed by atoms with Gasteiger partial charge in [-0.2, -0.15) is 0 Å². The first-order valence-electron chi connectivity index (χ1n) is 12.2. The summed E-state index contributed by atoms with van der Waals surface area (Å²) >= 11 is 1.48. The summed E-state index contributed by atoms with van der Waals surface area (Å²) < 4.78 is 1.40. The van der Waals surface area contributed by atoms with Gasteiger partial charge in [0.05, 0.1) is 11.7 Å². The monoisotopic (exact) mass is 478 g/mol. The highest BCUT2D eigenvalue weighted by Gasteiger charge is 2.30. The van der Waals surface area contributed by atoms with Gasteiger partial charge in [0.15, 0.2) is 0 Å². The maximum atomic E-state index is 13.0. The first kappa shape index (κ1) is 22.8. The number of hydrogen-bond acceptors (Lipinski definition) is 5. The van der Waals surface area contributed by atoms with Crippen molar-refractivity contribution in [3.63, 3.8) is 0 Å². The number of likely N-dealkylation sites (tertiary alicyclic amines) is 2. The predicted molar refractivity (Wildman–Crippen MR) is 134 cm³/mol. The number of carbonyl (C=O) groups is 2. The Hall–Kier alpha value is -3.00. The van der Waals surface area contributed by atoms with Crippen molar-refractivity contribution in [3.05, 3.63) is 53.1 Å². The van der Waals surface area contributed by atoms with Crippen molar-refractivity contribution in [2.45, 2.75) is 45.1 Å². The van der Waals surface area contributed by atoms with Gasteiger partial charge < -0.3 is 9.80 Å². The number of thiophene rings is 1. The molecular formula is C26H30N4O3S. The molecule has 2 aromatic heterocycles. The Labute approximate surface area is 203 Å². The van der Waals surface area contributed by atoms with Crippen LogP contribution in [0.25, 0.3) is 20.7 Å². The Balaban J connectivity index is 1.22. The smallest absolute Gasteiger partial charge is 0.262 e. The molecule has 1 aromatic carbocycles. The molecule has 2 aliphatic rings. The summed E-state index contributed by atoms with van der Waals surface area (Å²) in [5.41, 5.74) is 0.855. The minimum atomic E-state index is -0.192. The fourth-order valence-corrected chi connectivity index (χ4v) is 5.98. The van der Waals surface area contributed by atoms with Crippen molar-refractivity contribution < 1.29 is 9.59 Å². The molecule has 5 rings (SSSR count). The molecule has 0 bridgehead atoms. The third kappa shape index (κ3) is 4.78. The van der Waals surface area contributed by atoms with E-state index in [4.69, 9.17) is 0 Å². The summed E-state index contributed by atoms with van der Waals surface area (Å²) in [6.45, 7) is 2.83. The molecule has 178 valence electrons. The number of rotatable bonds is 4. The van der Waals surface area contributed by atoms with Crippen molar-refractivity contribution in [2.75, 3.05) is 26.2 Å². The Morgan fingerprint density at radius 1 is 0.941 bits per heavy atom. The first-order valence-corrected chi connectivity index (χ1v) is 13.0. The van der Waals surface area contributed by atoms with Gasteiger partial charge in [-0.05, 0) is 37.3 Å². The van der Waals surface area contributed by atoms with E-state index in [1.807, 2.05) is 41.3 Å². The number of fused-ring (bicyclic) bond motifs is 1. The van der Waals surface area contributed by atoms with Crippen LogP contribution in [0.4, 0.5) is 0 Å². The van der Waals surface area contributed by atoms with Gasteiger partial charge in [0.25, 0.3) is 5.56 Å². The molecule has 0 spiro atoms. The van der Waals surface area contributed by atoms with Crippen LogP contribution in [0.2, 0.25) is 0 Å². The zero-order valence-corrected chi connectivity index (χ0v) is 20.1. The Bertz CT molecular complexity index is 1220. The second-order valence-electron chi connectivity index (χ2n) is 9.27. The van der Waals surface area contributed by atoms with E-state index in [0.29, 0.717) is 36.1 Å². The van der Waals surface area contributed by atoms with Crippen LogP contribution < -0.4 is 5.56 Å². The zero-order valence-electron chi connectivity index (χ0n) is 19.3. The number of piperidine rings is 1. The minimum absolute atomic E-state index is 0.00473. The van der Waals surface area contributed by atoms with Gasteiger partial charge in [0, 0.05) is 37.0 Å². The van der Waals surface area contributed by atoms with Gasteiger partial charge >= 0.3 is 0 Å². The van der Waals surface area contributed by atoms with E-state index < -0.39 is 0 Å². The van der Waals surface area contributed by atoms with Crippen LogP contribution in [0.5, 0.6) is 0 Å². The Morgan fingerprint density at radius 2 is 1.65 bits per heavy atom. The normalized spacial score (nSPS) is 17.6. The third-order valence-corrected chi connectivity index (χ3v) is 8.09. The SMILES string of the molecule is O=C(Cn1cnc2sc(-c3ccccc3)cc2c1=O)N1CCC(C(=O)N2CCCCCC2)CC1. The first-order chi connectivity index (χ1) is 16.6. The largest absolute Gasteiger partial charge is 0.342 e. The standard InChI is InChI=1S/C26H30N4O3S/c31-23(28-14-10-20(11-15-28)25(32)29-12-6-1-2-7-13-29)17-30-18-27-24-21(26(30)33)16-22(34-24)19-8-4-3-5-9-19/h3-5,8-9,16,18,20H,1-2,6-7,10-15,17H2. The number of hydrogen-bond donors (Lipinski definition) is 0. The van der Waals surface area contributed by atoms with Crippen LogP contribution in [-0.2, 0) is 16.1 Å². The lowest BCUT2D eigenvalue weighted by atomic mass is 9.95. The van der Waals surface area contributed by atoms with E-state index in [2.05, 4.69) is 4.98 Å². The molecule has 8 heteroatoms. The van der Waals surface area contributed by atoms with Gasteiger partial charge in [-0.1, -0.05) is 43.2 Å². The second-order valence-corrected chi connectivity index (χ2v) is 10.3. The van der Waals surface area contributed by atoms with Crippen molar-refractivity contribution in [1.82, 2.24) is 19.4 Å². The number of benzene rings is 1. The van der Waals surface area contributed by atoms with Crippen LogP contribution in [-0.4, -0.2) is 57.3 Å². The van der Waals surface area contributed by atoms with Crippen LogP contribution in [0, 0.1) is 5.92 Å². The van der Waals surface area contributed by atoms with Crippen molar-refractivity contribution in [3.8, 4) is 10.4 Å². The molecule has 0 unspecified atom stereocenters. The molecular weight excluding hydrogens is 448 g/mol. The van der Waals surface area contributed by atoms with Crippen LogP contribution in [0.15, 0.2) is 47.5 Å². The molecule has 0 atom stereocenters. The number of nitrogens with zero attached hydrogens (tertiary/aromatic N) is 4. The van der Waals surface area contributed by atoms with Gasteiger partial charge in [-0.25, -0.2) is 4.98 Å². The Kier molecular flexibility index (Phi) is 6.76. The lowest BCUT2D eigenvalue weighted by molar-refractivity contribution is -0.141. The van der Waals surface area contributed by atoms with Gasteiger partial charge in [0.1, 0.15) is 11.4 Å². The molecule has 0 aliphatic carbocycles. The molecule has 2 amide bonds. The summed E-state index contributed by atoms with van der Waals surface area (Å²) in [5, 5.41) is 0.543. The van der Waals surface area contributed by atoms with Crippen molar-refractivity contribution >= 4 is 33.4 Å². The van der Waals surface area contributed by atoms with E-state index in [-0.39, 0.29) is 29.8 Å². The molecule has 7 nitrogen and oxygen atoms in total. The van der Waals surface area contributed by atoms with E-state index in [1.165, 1.54) is 35.1 Å². The molecule has 34 heavy (non-hydrogen) atoms. The quantitative estimate of drug-likeness (QED) is 0.572. The number of carbonyl (C=O) groups excluding carboxylic acids is 2. The highest BCUT2D eigenvalue weighted by Crippen LogP contribution is 2.30. The molecule has 0 radical (unpaired) electrons. The van der Waals surface area contributed by atoms with E-state index in [0.717, 1.165) is 36.4 Å². The summed E-state index contributed by atoms with van der Waals surface area (Å²) in [5.74, 6) is 0.166. The maximum absolute atomic E-state index is 13.0. The minimum Gasteiger partial charge on any atom is -0.342 e. The average Bonchev–Trinajstić information content (AvgIpc) is 3.13. The molecule has 3 aromatic rings. The highest BCUT2D eigenvalue weighted by atomic mass is 32.1. The summed E-state index contributed by atoms with van der Waals surface area (Å²) in [4.78, 5) is 48.8.